The fourth-order valence-electron chi connectivity index (χ4n) is 4.23. The van der Waals surface area contributed by atoms with Crippen LogP contribution in [-0.2, 0) is 9.47 Å². The van der Waals surface area contributed by atoms with Crippen molar-refractivity contribution in [3.8, 4) is 0 Å². The van der Waals surface area contributed by atoms with Crippen LogP contribution in [0.4, 0.5) is 4.39 Å². The molecule has 1 aliphatic carbocycles. The molecule has 1 aliphatic heterocycles. The van der Waals surface area contributed by atoms with Crippen LogP contribution in [0.5, 0.6) is 0 Å². The van der Waals surface area contributed by atoms with Gasteiger partial charge in [0.05, 0.1) is 13.2 Å². The summed E-state index contributed by atoms with van der Waals surface area (Å²) in [5, 5.41) is 0. The summed E-state index contributed by atoms with van der Waals surface area (Å²) >= 11 is 0. The van der Waals surface area contributed by atoms with Crippen LogP contribution >= 0.6 is 0 Å². The van der Waals surface area contributed by atoms with E-state index in [0.717, 1.165) is 11.5 Å². The largest absolute Gasteiger partial charge is 0.348 e. The Morgan fingerprint density at radius 2 is 1.75 bits per heavy atom. The van der Waals surface area contributed by atoms with Crippen molar-refractivity contribution in [3.63, 3.8) is 0 Å². The van der Waals surface area contributed by atoms with E-state index in [1.165, 1.54) is 44.9 Å². The Balaban J connectivity index is 1.47. The molecule has 0 spiro atoms. The third kappa shape index (κ3) is 4.37. The first-order chi connectivity index (χ1) is 11.7. The first kappa shape index (κ1) is 17.9. The Bertz CT molecular complexity index is 515. The molecule has 1 aromatic rings. The van der Waals surface area contributed by atoms with Crippen LogP contribution in [-0.4, -0.2) is 13.2 Å². The standard InChI is InChI=1S/C21H31FO2/c1-3-4-5-16-7-9-17(10-8-16)18-13-23-21(24-14-18)19-11-6-15(2)12-20(19)22/h6,11-12,16-18,21H,3-5,7-10,13-14H2,1-2H3. The van der Waals surface area contributed by atoms with Crippen molar-refractivity contribution in [2.24, 2.45) is 17.8 Å². The predicted molar refractivity (Wildman–Crippen MR) is 94.2 cm³/mol. The minimum atomic E-state index is -0.539. The van der Waals surface area contributed by atoms with Crippen molar-refractivity contribution < 1.29 is 13.9 Å². The van der Waals surface area contributed by atoms with Crippen LogP contribution in [0.25, 0.3) is 0 Å². The molecule has 1 aromatic carbocycles. The van der Waals surface area contributed by atoms with Gasteiger partial charge in [-0.25, -0.2) is 4.39 Å². The molecule has 2 aliphatic rings. The van der Waals surface area contributed by atoms with Crippen molar-refractivity contribution in [2.45, 2.75) is 65.1 Å². The van der Waals surface area contributed by atoms with Crippen LogP contribution in [0.3, 0.4) is 0 Å². The Morgan fingerprint density at radius 1 is 1.04 bits per heavy atom. The summed E-state index contributed by atoms with van der Waals surface area (Å²) in [6.45, 7) is 5.56. The molecule has 0 unspecified atom stereocenters. The molecule has 24 heavy (non-hydrogen) atoms. The Kier molecular flexibility index (Phi) is 6.29. The lowest BCUT2D eigenvalue weighted by molar-refractivity contribution is -0.215. The molecule has 0 N–H and O–H groups in total. The lowest BCUT2D eigenvalue weighted by Crippen LogP contribution is -2.34. The number of hydrogen-bond acceptors (Lipinski definition) is 2. The van der Waals surface area contributed by atoms with Crippen LogP contribution in [0.15, 0.2) is 18.2 Å². The quantitative estimate of drug-likeness (QED) is 0.678. The normalized spacial score (nSPS) is 31.1. The van der Waals surface area contributed by atoms with Gasteiger partial charge < -0.3 is 9.47 Å². The van der Waals surface area contributed by atoms with Crippen molar-refractivity contribution in [1.82, 2.24) is 0 Å². The summed E-state index contributed by atoms with van der Waals surface area (Å²) in [6, 6.07) is 5.25. The number of aryl methyl sites for hydroxylation is 1. The van der Waals surface area contributed by atoms with Gasteiger partial charge in [0.15, 0.2) is 6.29 Å². The van der Waals surface area contributed by atoms with E-state index in [9.17, 15) is 4.39 Å². The number of rotatable bonds is 5. The lowest BCUT2D eigenvalue weighted by Gasteiger charge is -2.38. The first-order valence-corrected chi connectivity index (χ1v) is 9.66. The molecule has 3 heteroatoms. The highest BCUT2D eigenvalue weighted by Gasteiger charge is 2.32. The second kappa shape index (κ2) is 8.44. The molecule has 2 fully saturated rings. The topological polar surface area (TPSA) is 18.5 Å². The average Bonchev–Trinajstić information content (AvgIpc) is 2.61. The van der Waals surface area contributed by atoms with E-state index in [2.05, 4.69) is 6.92 Å². The number of ether oxygens (including phenoxy) is 2. The van der Waals surface area contributed by atoms with E-state index >= 15 is 0 Å². The van der Waals surface area contributed by atoms with Gasteiger partial charge in [-0.15, -0.1) is 0 Å². The van der Waals surface area contributed by atoms with E-state index < -0.39 is 6.29 Å². The molecule has 0 amide bonds. The second-order valence-electron chi connectivity index (χ2n) is 7.71. The van der Waals surface area contributed by atoms with Gasteiger partial charge in [-0.05, 0) is 43.2 Å². The fraction of sp³-hybridized carbons (Fsp3) is 0.714. The van der Waals surface area contributed by atoms with E-state index in [1.807, 2.05) is 13.0 Å². The fourth-order valence-corrected chi connectivity index (χ4v) is 4.23. The van der Waals surface area contributed by atoms with Crippen LogP contribution in [0.2, 0.25) is 0 Å². The maximum atomic E-state index is 14.1. The Labute approximate surface area is 145 Å². The van der Waals surface area contributed by atoms with Gasteiger partial charge in [-0.3, -0.25) is 0 Å². The summed E-state index contributed by atoms with van der Waals surface area (Å²) in [6.07, 6.45) is 8.85. The van der Waals surface area contributed by atoms with Crippen molar-refractivity contribution in [3.05, 3.63) is 35.1 Å². The van der Waals surface area contributed by atoms with Gasteiger partial charge in [0, 0.05) is 11.5 Å². The highest BCUT2D eigenvalue weighted by molar-refractivity contribution is 5.24. The molecule has 1 saturated carbocycles. The SMILES string of the molecule is CCCCC1CCC(C2COC(c3ccc(C)cc3F)OC2)CC1. The maximum Gasteiger partial charge on any atom is 0.186 e. The number of benzene rings is 1. The van der Waals surface area contributed by atoms with E-state index in [1.54, 1.807) is 12.1 Å². The third-order valence-corrected chi connectivity index (χ3v) is 5.86. The van der Waals surface area contributed by atoms with Crippen LogP contribution in [0.1, 0.15) is 69.3 Å². The number of unbranched alkanes of at least 4 members (excludes halogenated alkanes) is 1. The lowest BCUT2D eigenvalue weighted by atomic mass is 9.74. The molecule has 0 bridgehead atoms. The highest BCUT2D eigenvalue weighted by atomic mass is 19.1. The van der Waals surface area contributed by atoms with Crippen molar-refractivity contribution in [2.75, 3.05) is 13.2 Å². The van der Waals surface area contributed by atoms with Gasteiger partial charge >= 0.3 is 0 Å². The molecule has 1 saturated heterocycles. The molecule has 0 radical (unpaired) electrons. The Morgan fingerprint density at radius 3 is 2.38 bits per heavy atom. The van der Waals surface area contributed by atoms with Crippen LogP contribution < -0.4 is 0 Å². The maximum absolute atomic E-state index is 14.1. The molecule has 0 atom stereocenters. The van der Waals surface area contributed by atoms with Crippen LogP contribution in [0, 0.1) is 30.5 Å². The minimum absolute atomic E-state index is 0.227. The molecule has 3 rings (SSSR count). The van der Waals surface area contributed by atoms with Gasteiger partial charge in [0.1, 0.15) is 5.82 Å². The van der Waals surface area contributed by atoms with Crippen molar-refractivity contribution in [1.29, 1.82) is 0 Å². The predicted octanol–water partition coefficient (Wildman–Crippen LogP) is 5.79. The smallest absolute Gasteiger partial charge is 0.186 e. The van der Waals surface area contributed by atoms with Gasteiger partial charge in [-0.2, -0.15) is 0 Å². The monoisotopic (exact) mass is 334 g/mol. The van der Waals surface area contributed by atoms with Gasteiger partial charge in [0.25, 0.3) is 0 Å². The zero-order valence-corrected chi connectivity index (χ0v) is 15.1. The van der Waals surface area contributed by atoms with E-state index in [-0.39, 0.29) is 5.82 Å². The zero-order valence-electron chi connectivity index (χ0n) is 15.1. The molecule has 0 aromatic heterocycles. The van der Waals surface area contributed by atoms with Gasteiger partial charge in [0.2, 0.25) is 0 Å². The second-order valence-corrected chi connectivity index (χ2v) is 7.71. The molecule has 2 nitrogen and oxygen atoms in total. The minimum Gasteiger partial charge on any atom is -0.348 e. The Hall–Kier alpha value is -0.930. The average molecular weight is 334 g/mol. The summed E-state index contributed by atoms with van der Waals surface area (Å²) in [5.41, 5.74) is 1.45. The number of hydrogen-bond donors (Lipinski definition) is 0. The number of halogens is 1. The molecule has 134 valence electrons. The zero-order chi connectivity index (χ0) is 16.9. The van der Waals surface area contributed by atoms with Gasteiger partial charge in [-0.1, -0.05) is 51.2 Å². The summed E-state index contributed by atoms with van der Waals surface area (Å²) < 4.78 is 25.8. The highest BCUT2D eigenvalue weighted by Crippen LogP contribution is 2.39. The summed E-state index contributed by atoms with van der Waals surface area (Å²) in [7, 11) is 0. The van der Waals surface area contributed by atoms with E-state index in [0.29, 0.717) is 30.6 Å². The first-order valence-electron chi connectivity index (χ1n) is 9.66. The molecule has 1 heterocycles. The van der Waals surface area contributed by atoms with E-state index in [4.69, 9.17) is 9.47 Å². The molecular formula is C21H31FO2. The summed E-state index contributed by atoms with van der Waals surface area (Å²) in [5.74, 6) is 1.89. The van der Waals surface area contributed by atoms with Crippen molar-refractivity contribution >= 4 is 0 Å². The summed E-state index contributed by atoms with van der Waals surface area (Å²) in [4.78, 5) is 0. The third-order valence-electron chi connectivity index (χ3n) is 5.86. The molecular weight excluding hydrogens is 303 g/mol.